The lowest BCUT2D eigenvalue weighted by Crippen LogP contribution is -2.39. The Morgan fingerprint density at radius 1 is 1.18 bits per heavy atom. The van der Waals surface area contributed by atoms with Crippen LogP contribution in [0.2, 0.25) is 0 Å². The number of likely N-dealkylation sites (tertiary alicyclic amines) is 1. The number of carbonyl (C=O) groups is 1. The number of hydrogen-bond donors (Lipinski definition) is 1. The number of nitrogens with zero attached hydrogens (tertiary/aromatic N) is 3. The zero-order valence-corrected chi connectivity index (χ0v) is 19.1. The second kappa shape index (κ2) is 9.09. The van der Waals surface area contributed by atoms with Gasteiger partial charge in [-0.25, -0.2) is 13.1 Å². The first-order valence-electron chi connectivity index (χ1n) is 11.0. The standard InChI is InChI=1S/C22H27F3N4O3S/c1-15-12-20(29(27-15)18-9-11-33(31,32)14-18)26-21(30)13-28-10-3-2-4-19(28)16-5-7-17(8-6-16)22(23,24)25/h5-8,12,18-19H,2-4,9-11,13-14H2,1H3,(H,26,30). The van der Waals surface area contributed by atoms with Crippen LogP contribution in [0.4, 0.5) is 19.0 Å². The number of carbonyl (C=O) groups excluding carboxylic acids is 1. The van der Waals surface area contributed by atoms with Crippen molar-refractivity contribution in [1.29, 1.82) is 0 Å². The van der Waals surface area contributed by atoms with Gasteiger partial charge in [-0.2, -0.15) is 18.3 Å². The van der Waals surface area contributed by atoms with E-state index in [0.29, 0.717) is 24.5 Å². The Balaban J connectivity index is 1.45. The minimum Gasteiger partial charge on any atom is -0.310 e. The maximum atomic E-state index is 12.9. The van der Waals surface area contributed by atoms with Gasteiger partial charge < -0.3 is 5.32 Å². The van der Waals surface area contributed by atoms with Crippen molar-refractivity contribution in [3.63, 3.8) is 0 Å². The molecule has 0 saturated carbocycles. The Morgan fingerprint density at radius 2 is 1.91 bits per heavy atom. The molecule has 2 aliphatic heterocycles. The van der Waals surface area contributed by atoms with Crippen LogP contribution in [0.15, 0.2) is 30.3 Å². The van der Waals surface area contributed by atoms with Crippen molar-refractivity contribution in [3.8, 4) is 0 Å². The lowest BCUT2D eigenvalue weighted by molar-refractivity contribution is -0.137. The first-order chi connectivity index (χ1) is 15.5. The molecule has 4 rings (SSSR count). The van der Waals surface area contributed by atoms with Crippen LogP contribution in [0.3, 0.4) is 0 Å². The van der Waals surface area contributed by atoms with Crippen LogP contribution < -0.4 is 5.32 Å². The van der Waals surface area contributed by atoms with E-state index in [0.717, 1.165) is 37.0 Å². The highest BCUT2D eigenvalue weighted by Crippen LogP contribution is 2.34. The predicted octanol–water partition coefficient (Wildman–Crippen LogP) is 3.74. The Morgan fingerprint density at radius 3 is 2.55 bits per heavy atom. The molecular weight excluding hydrogens is 457 g/mol. The number of sulfone groups is 1. The number of benzene rings is 1. The average Bonchev–Trinajstić information content (AvgIpc) is 3.29. The molecule has 1 aromatic carbocycles. The molecule has 2 aromatic rings. The summed E-state index contributed by atoms with van der Waals surface area (Å²) in [5.41, 5.74) is 0.742. The molecule has 2 unspecified atom stereocenters. The van der Waals surface area contributed by atoms with Crippen molar-refractivity contribution in [2.75, 3.05) is 29.9 Å². The molecule has 2 atom stereocenters. The van der Waals surface area contributed by atoms with Crippen molar-refractivity contribution in [3.05, 3.63) is 47.2 Å². The minimum atomic E-state index is -4.38. The summed E-state index contributed by atoms with van der Waals surface area (Å²) < 4.78 is 64.0. The molecule has 11 heteroatoms. The number of alkyl halides is 3. The number of aromatic nitrogens is 2. The zero-order valence-electron chi connectivity index (χ0n) is 18.3. The number of piperidine rings is 1. The summed E-state index contributed by atoms with van der Waals surface area (Å²) in [6.07, 6.45) is -1.33. The van der Waals surface area contributed by atoms with Gasteiger partial charge in [-0.1, -0.05) is 18.6 Å². The largest absolute Gasteiger partial charge is 0.416 e. The molecule has 0 radical (unpaired) electrons. The normalized spacial score (nSPS) is 23.5. The molecule has 1 N–H and O–H groups in total. The zero-order chi connectivity index (χ0) is 23.8. The van der Waals surface area contributed by atoms with E-state index in [1.807, 2.05) is 4.90 Å². The lowest BCUT2D eigenvalue weighted by atomic mass is 9.94. The van der Waals surface area contributed by atoms with Crippen LogP contribution in [0, 0.1) is 6.92 Å². The molecular formula is C22H27F3N4O3S. The summed E-state index contributed by atoms with van der Waals surface area (Å²) in [7, 11) is -3.10. The van der Waals surface area contributed by atoms with Crippen LogP contribution in [0.5, 0.6) is 0 Å². The summed E-state index contributed by atoms with van der Waals surface area (Å²) in [6, 6.07) is 6.41. The Bertz CT molecular complexity index is 1110. The Labute approximate surface area is 190 Å². The number of anilines is 1. The molecule has 1 amide bonds. The van der Waals surface area contributed by atoms with Crippen molar-refractivity contribution < 1.29 is 26.4 Å². The van der Waals surface area contributed by atoms with Gasteiger partial charge in [0.15, 0.2) is 9.84 Å². The third-order valence-electron chi connectivity index (χ3n) is 6.26. The minimum absolute atomic E-state index is 0.000882. The SMILES string of the molecule is Cc1cc(NC(=O)CN2CCCCC2c2ccc(C(F)(F)F)cc2)n(C2CCS(=O)(=O)C2)n1. The highest BCUT2D eigenvalue weighted by atomic mass is 32.2. The second-order valence-corrected chi connectivity index (χ2v) is 11.1. The summed E-state index contributed by atoms with van der Waals surface area (Å²) in [4.78, 5) is 14.9. The van der Waals surface area contributed by atoms with Crippen molar-refractivity contribution in [1.82, 2.24) is 14.7 Å². The van der Waals surface area contributed by atoms with Crippen LogP contribution in [0.25, 0.3) is 0 Å². The van der Waals surface area contributed by atoms with Crippen molar-refractivity contribution in [2.24, 2.45) is 0 Å². The van der Waals surface area contributed by atoms with Gasteiger partial charge in [0.1, 0.15) is 5.82 Å². The summed E-state index contributed by atoms with van der Waals surface area (Å²) in [5.74, 6) is 0.296. The summed E-state index contributed by atoms with van der Waals surface area (Å²) >= 11 is 0. The van der Waals surface area contributed by atoms with E-state index < -0.39 is 21.6 Å². The molecule has 0 aliphatic carbocycles. The van der Waals surface area contributed by atoms with E-state index >= 15 is 0 Å². The number of halogens is 3. The first kappa shape index (κ1) is 23.7. The first-order valence-corrected chi connectivity index (χ1v) is 12.8. The highest BCUT2D eigenvalue weighted by Gasteiger charge is 2.33. The third kappa shape index (κ3) is 5.57. The van der Waals surface area contributed by atoms with Crippen molar-refractivity contribution in [2.45, 2.75) is 50.9 Å². The van der Waals surface area contributed by atoms with Gasteiger partial charge in [-0.3, -0.25) is 9.69 Å². The number of hydrogen-bond acceptors (Lipinski definition) is 5. The van der Waals surface area contributed by atoms with E-state index in [9.17, 15) is 26.4 Å². The second-order valence-electron chi connectivity index (χ2n) is 8.82. The molecule has 0 bridgehead atoms. The maximum absolute atomic E-state index is 12.9. The van der Waals surface area contributed by atoms with E-state index in [-0.39, 0.29) is 36.0 Å². The van der Waals surface area contributed by atoms with Gasteiger partial charge in [0.2, 0.25) is 5.91 Å². The quantitative estimate of drug-likeness (QED) is 0.699. The smallest absolute Gasteiger partial charge is 0.310 e. The van der Waals surface area contributed by atoms with Gasteiger partial charge in [0.25, 0.3) is 0 Å². The Hall–Kier alpha value is -2.40. The number of amides is 1. The number of aryl methyl sites for hydroxylation is 1. The van der Waals surface area contributed by atoms with Gasteiger partial charge in [0, 0.05) is 12.1 Å². The lowest BCUT2D eigenvalue weighted by Gasteiger charge is -2.35. The highest BCUT2D eigenvalue weighted by molar-refractivity contribution is 7.91. The molecule has 1 aromatic heterocycles. The molecule has 2 fully saturated rings. The molecule has 2 saturated heterocycles. The van der Waals surface area contributed by atoms with Crippen LogP contribution in [0.1, 0.15) is 54.6 Å². The molecule has 33 heavy (non-hydrogen) atoms. The molecule has 3 heterocycles. The predicted molar refractivity (Wildman–Crippen MR) is 118 cm³/mol. The summed E-state index contributed by atoms with van der Waals surface area (Å²) in [5, 5.41) is 7.24. The van der Waals surface area contributed by atoms with E-state index in [4.69, 9.17) is 0 Å². The topological polar surface area (TPSA) is 84.3 Å². The molecule has 0 spiro atoms. The van der Waals surface area contributed by atoms with Crippen LogP contribution >= 0.6 is 0 Å². The number of rotatable bonds is 5. The molecule has 180 valence electrons. The van der Waals surface area contributed by atoms with Gasteiger partial charge in [-0.15, -0.1) is 0 Å². The third-order valence-corrected chi connectivity index (χ3v) is 8.01. The Kier molecular flexibility index (Phi) is 6.54. The summed E-state index contributed by atoms with van der Waals surface area (Å²) in [6.45, 7) is 2.53. The fraction of sp³-hybridized carbons (Fsp3) is 0.545. The monoisotopic (exact) mass is 484 g/mol. The number of nitrogens with one attached hydrogen (secondary N) is 1. The fourth-order valence-electron chi connectivity index (χ4n) is 4.68. The van der Waals surface area contributed by atoms with Crippen molar-refractivity contribution >= 4 is 21.6 Å². The molecule has 2 aliphatic rings. The van der Waals surface area contributed by atoms with E-state index in [1.54, 1.807) is 17.7 Å². The van der Waals surface area contributed by atoms with E-state index in [1.165, 1.54) is 12.1 Å². The maximum Gasteiger partial charge on any atom is 0.416 e. The van der Waals surface area contributed by atoms with Gasteiger partial charge >= 0.3 is 6.18 Å². The van der Waals surface area contributed by atoms with E-state index in [2.05, 4.69) is 10.4 Å². The van der Waals surface area contributed by atoms with Crippen LogP contribution in [-0.4, -0.2) is 53.6 Å². The van der Waals surface area contributed by atoms with Crippen LogP contribution in [-0.2, 0) is 20.8 Å². The van der Waals surface area contributed by atoms with Gasteiger partial charge in [-0.05, 0) is 50.4 Å². The fourth-order valence-corrected chi connectivity index (χ4v) is 6.37. The van der Waals surface area contributed by atoms with Gasteiger partial charge in [0.05, 0.1) is 35.3 Å². The molecule has 7 nitrogen and oxygen atoms in total. The average molecular weight is 485 g/mol.